The lowest BCUT2D eigenvalue weighted by Gasteiger charge is -2.18. The van der Waals surface area contributed by atoms with Crippen LogP contribution in [0.15, 0.2) is 58.3 Å². The van der Waals surface area contributed by atoms with Crippen LogP contribution in [0, 0.1) is 0 Å². The van der Waals surface area contributed by atoms with Crippen LogP contribution >= 0.6 is 11.8 Å². The average molecular weight is 321 g/mol. The summed E-state index contributed by atoms with van der Waals surface area (Å²) >= 11 is 1.30. The van der Waals surface area contributed by atoms with E-state index in [2.05, 4.69) is 5.32 Å². The molecule has 6 heteroatoms. The maximum atomic E-state index is 12.5. The predicted octanol–water partition coefficient (Wildman–Crippen LogP) is 4.79. The number of hydrogen-bond donors (Lipinski definition) is 1. The lowest BCUT2D eigenvalue weighted by molar-refractivity contribution is -0.137. The van der Waals surface area contributed by atoms with Crippen molar-refractivity contribution >= 4 is 29.4 Å². The maximum absolute atomic E-state index is 12.5. The number of alkyl halides is 3. The fourth-order valence-electron chi connectivity index (χ4n) is 2.02. The fraction of sp³-hybridized carbons (Fsp3) is 0.0625. The number of anilines is 1. The maximum Gasteiger partial charge on any atom is 0.416 e. The molecular weight excluding hydrogens is 311 g/mol. The number of carbonyl (C=O) groups is 1. The highest BCUT2D eigenvalue weighted by atomic mass is 32.2. The third-order valence-electron chi connectivity index (χ3n) is 3.11. The minimum absolute atomic E-state index is 0.261. The van der Waals surface area contributed by atoms with Crippen molar-refractivity contribution in [3.8, 4) is 0 Å². The molecule has 2 nitrogen and oxygen atoms in total. The van der Waals surface area contributed by atoms with Crippen LogP contribution in [-0.4, -0.2) is 5.91 Å². The Kier molecular flexibility index (Phi) is 3.70. The van der Waals surface area contributed by atoms with E-state index < -0.39 is 11.7 Å². The standard InChI is InChI=1S/C16H10F3NOS/c17-16(18,19)11-7-5-10(6-8-11)9-14-15(21)20-12-3-1-2-4-13(12)22-14/h1-9H,(H,20,21)/b14-9-. The molecule has 2 aromatic rings. The predicted molar refractivity (Wildman–Crippen MR) is 80.3 cm³/mol. The van der Waals surface area contributed by atoms with Gasteiger partial charge in [0.15, 0.2) is 0 Å². The van der Waals surface area contributed by atoms with Crippen molar-refractivity contribution in [3.05, 3.63) is 64.6 Å². The number of thioether (sulfide) groups is 1. The molecule has 1 amide bonds. The number of halogens is 3. The van der Waals surface area contributed by atoms with E-state index in [4.69, 9.17) is 0 Å². The van der Waals surface area contributed by atoms with Gasteiger partial charge in [-0.25, -0.2) is 0 Å². The summed E-state index contributed by atoms with van der Waals surface area (Å²) in [4.78, 5) is 13.4. The zero-order valence-electron chi connectivity index (χ0n) is 11.1. The van der Waals surface area contributed by atoms with Gasteiger partial charge in [-0.2, -0.15) is 13.2 Å². The number of para-hydroxylation sites is 1. The van der Waals surface area contributed by atoms with Gasteiger partial charge in [0, 0.05) is 4.90 Å². The van der Waals surface area contributed by atoms with Gasteiger partial charge in [-0.05, 0) is 35.9 Å². The Morgan fingerprint density at radius 1 is 1.00 bits per heavy atom. The second kappa shape index (κ2) is 5.53. The smallest absolute Gasteiger partial charge is 0.320 e. The molecule has 0 atom stereocenters. The van der Waals surface area contributed by atoms with Gasteiger partial charge >= 0.3 is 6.18 Å². The van der Waals surface area contributed by atoms with Gasteiger partial charge in [-0.15, -0.1) is 0 Å². The van der Waals surface area contributed by atoms with E-state index in [1.54, 1.807) is 12.1 Å². The Morgan fingerprint density at radius 3 is 2.36 bits per heavy atom. The number of carbonyl (C=O) groups excluding carboxylic acids is 1. The molecule has 0 spiro atoms. The van der Waals surface area contributed by atoms with E-state index in [1.165, 1.54) is 23.9 Å². The quantitative estimate of drug-likeness (QED) is 0.765. The molecule has 22 heavy (non-hydrogen) atoms. The Bertz CT molecular complexity index is 751. The molecule has 1 aliphatic rings. The minimum atomic E-state index is -4.36. The molecule has 0 fully saturated rings. The summed E-state index contributed by atoms with van der Waals surface area (Å²) in [5.41, 5.74) is 0.577. The van der Waals surface area contributed by atoms with E-state index in [9.17, 15) is 18.0 Å². The molecule has 0 aromatic heterocycles. The summed E-state index contributed by atoms with van der Waals surface area (Å²) in [6, 6.07) is 12.1. The number of amides is 1. The van der Waals surface area contributed by atoms with Gasteiger partial charge in [-0.1, -0.05) is 36.0 Å². The first-order chi connectivity index (χ1) is 10.4. The van der Waals surface area contributed by atoms with Gasteiger partial charge in [0.25, 0.3) is 5.91 Å². The largest absolute Gasteiger partial charge is 0.416 e. The molecule has 0 saturated carbocycles. The zero-order chi connectivity index (χ0) is 15.7. The number of benzene rings is 2. The number of nitrogens with one attached hydrogen (secondary N) is 1. The summed E-state index contributed by atoms with van der Waals surface area (Å²) in [5.74, 6) is -0.261. The highest BCUT2D eigenvalue weighted by Crippen LogP contribution is 2.38. The van der Waals surface area contributed by atoms with E-state index in [-0.39, 0.29) is 5.91 Å². The third kappa shape index (κ3) is 3.01. The average Bonchev–Trinajstić information content (AvgIpc) is 2.48. The van der Waals surface area contributed by atoms with E-state index >= 15 is 0 Å². The van der Waals surface area contributed by atoms with Crippen LogP contribution in [0.2, 0.25) is 0 Å². The van der Waals surface area contributed by atoms with Crippen molar-refractivity contribution in [2.45, 2.75) is 11.1 Å². The molecule has 112 valence electrons. The van der Waals surface area contributed by atoms with Gasteiger partial charge < -0.3 is 5.32 Å². The molecule has 3 rings (SSSR count). The lowest BCUT2D eigenvalue weighted by Crippen LogP contribution is -2.17. The van der Waals surface area contributed by atoms with Crippen molar-refractivity contribution in [2.75, 3.05) is 5.32 Å². The summed E-state index contributed by atoms with van der Waals surface area (Å²) in [7, 11) is 0. The summed E-state index contributed by atoms with van der Waals surface area (Å²) in [5, 5.41) is 2.76. The lowest BCUT2D eigenvalue weighted by atomic mass is 10.1. The fourth-order valence-corrected chi connectivity index (χ4v) is 2.97. The van der Waals surface area contributed by atoms with Crippen LogP contribution < -0.4 is 5.32 Å². The van der Waals surface area contributed by atoms with Crippen LogP contribution in [0.4, 0.5) is 18.9 Å². The third-order valence-corrected chi connectivity index (χ3v) is 4.21. The molecule has 2 aromatic carbocycles. The van der Waals surface area contributed by atoms with Crippen LogP contribution in [0.1, 0.15) is 11.1 Å². The Balaban J connectivity index is 1.88. The highest BCUT2D eigenvalue weighted by Gasteiger charge is 2.30. The van der Waals surface area contributed by atoms with Crippen LogP contribution in [-0.2, 0) is 11.0 Å². The molecule has 0 radical (unpaired) electrons. The first-order valence-electron chi connectivity index (χ1n) is 6.41. The normalized spacial score (nSPS) is 16.3. The van der Waals surface area contributed by atoms with Crippen molar-refractivity contribution in [3.63, 3.8) is 0 Å². The first kappa shape index (κ1) is 14.7. The summed E-state index contributed by atoms with van der Waals surface area (Å²) in [6.07, 6.45) is -2.78. The molecule has 1 aliphatic heterocycles. The van der Waals surface area contributed by atoms with Crippen molar-refractivity contribution in [1.29, 1.82) is 0 Å². The van der Waals surface area contributed by atoms with Crippen LogP contribution in [0.5, 0.6) is 0 Å². The Morgan fingerprint density at radius 2 is 1.68 bits per heavy atom. The van der Waals surface area contributed by atoms with Gasteiger partial charge in [0.1, 0.15) is 0 Å². The first-order valence-corrected chi connectivity index (χ1v) is 7.22. The number of hydrogen-bond acceptors (Lipinski definition) is 2. The summed E-state index contributed by atoms with van der Waals surface area (Å²) in [6.45, 7) is 0. The molecule has 0 aliphatic carbocycles. The summed E-state index contributed by atoms with van der Waals surface area (Å²) < 4.78 is 37.6. The molecule has 1 heterocycles. The zero-order valence-corrected chi connectivity index (χ0v) is 12.0. The van der Waals surface area contributed by atoms with Crippen LogP contribution in [0.3, 0.4) is 0 Å². The van der Waals surface area contributed by atoms with E-state index in [0.717, 1.165) is 22.7 Å². The van der Waals surface area contributed by atoms with Gasteiger partial charge in [-0.3, -0.25) is 4.79 Å². The second-order valence-electron chi connectivity index (χ2n) is 4.68. The molecule has 0 saturated heterocycles. The number of rotatable bonds is 1. The SMILES string of the molecule is O=C1Nc2ccccc2S/C1=C\c1ccc(C(F)(F)F)cc1. The van der Waals surface area contributed by atoms with Gasteiger partial charge in [0.2, 0.25) is 0 Å². The Labute approximate surface area is 129 Å². The van der Waals surface area contributed by atoms with Crippen LogP contribution in [0.25, 0.3) is 6.08 Å². The number of fused-ring (bicyclic) bond motifs is 1. The van der Waals surface area contributed by atoms with E-state index in [1.807, 2.05) is 18.2 Å². The molecule has 1 N–H and O–H groups in total. The monoisotopic (exact) mass is 321 g/mol. The molecule has 0 bridgehead atoms. The van der Waals surface area contributed by atoms with Crippen molar-refractivity contribution < 1.29 is 18.0 Å². The Hall–Kier alpha value is -2.21. The van der Waals surface area contributed by atoms with Crippen molar-refractivity contribution in [1.82, 2.24) is 0 Å². The second-order valence-corrected chi connectivity index (χ2v) is 5.76. The topological polar surface area (TPSA) is 29.1 Å². The highest BCUT2D eigenvalue weighted by molar-refractivity contribution is 8.04. The van der Waals surface area contributed by atoms with E-state index in [0.29, 0.717) is 10.5 Å². The minimum Gasteiger partial charge on any atom is -0.320 e. The van der Waals surface area contributed by atoms with Gasteiger partial charge in [0.05, 0.1) is 16.2 Å². The van der Waals surface area contributed by atoms with Crippen molar-refractivity contribution in [2.24, 2.45) is 0 Å². The molecule has 0 unspecified atom stereocenters. The molecular formula is C16H10F3NOS.